The number of nitrogens with one attached hydrogen (secondary N) is 1. The summed E-state index contributed by atoms with van der Waals surface area (Å²) in [6.45, 7) is 8.82. The highest BCUT2D eigenvalue weighted by molar-refractivity contribution is 5.93. The molecule has 0 saturated carbocycles. The number of esters is 1. The molecule has 0 bridgehead atoms. The molecule has 1 N–H and O–H groups in total. The highest BCUT2D eigenvalue weighted by atomic mass is 16.5. The topological polar surface area (TPSA) is 50.7 Å². The minimum absolute atomic E-state index is 0.389. The molecule has 0 aliphatic carbocycles. The molecule has 4 heteroatoms. The van der Waals surface area contributed by atoms with Crippen LogP contribution in [0.2, 0.25) is 0 Å². The fraction of sp³-hybridized carbons (Fsp3) is 0.400. The van der Waals surface area contributed by atoms with Gasteiger partial charge in [0.25, 0.3) is 0 Å². The molecule has 0 amide bonds. The lowest BCUT2D eigenvalue weighted by Gasteiger charge is -2.10. The molecule has 0 atom stereocenters. The van der Waals surface area contributed by atoms with Crippen LogP contribution in [0.5, 0.6) is 0 Å². The fourth-order valence-corrected chi connectivity index (χ4v) is 0.995. The molecule has 14 heavy (non-hydrogen) atoms. The first-order valence-corrected chi connectivity index (χ1v) is 4.22. The van der Waals surface area contributed by atoms with Gasteiger partial charge in [0.1, 0.15) is 0 Å². The number of hydrazone groups is 1. The maximum atomic E-state index is 11.3. The molecule has 0 aromatic rings. The summed E-state index contributed by atoms with van der Waals surface area (Å²) in [4.78, 5) is 11.3. The average Bonchev–Trinajstić information content (AvgIpc) is 2.16. The minimum Gasteiger partial charge on any atom is -0.465 e. The molecule has 0 aliphatic rings. The molecule has 0 heterocycles. The van der Waals surface area contributed by atoms with Gasteiger partial charge in [0.15, 0.2) is 0 Å². The van der Waals surface area contributed by atoms with Gasteiger partial charge in [-0.3, -0.25) is 5.43 Å². The Morgan fingerprint density at radius 3 is 2.36 bits per heavy atom. The Morgan fingerprint density at radius 2 is 2.07 bits per heavy atom. The summed E-state index contributed by atoms with van der Waals surface area (Å²) >= 11 is 0. The SMILES string of the molecule is C=NNC(=C(C)C)/C(=C\C)C(=O)OC. The summed E-state index contributed by atoms with van der Waals surface area (Å²) in [6.07, 6.45) is 1.67. The predicted molar refractivity (Wildman–Crippen MR) is 56.8 cm³/mol. The summed E-state index contributed by atoms with van der Waals surface area (Å²) in [5, 5.41) is 3.54. The van der Waals surface area contributed by atoms with Gasteiger partial charge >= 0.3 is 5.97 Å². The number of carbonyl (C=O) groups is 1. The Hall–Kier alpha value is -1.58. The molecule has 0 fully saturated rings. The summed E-state index contributed by atoms with van der Waals surface area (Å²) < 4.78 is 4.64. The highest BCUT2D eigenvalue weighted by Gasteiger charge is 2.14. The zero-order valence-corrected chi connectivity index (χ0v) is 9.05. The third-order valence-corrected chi connectivity index (χ3v) is 1.65. The van der Waals surface area contributed by atoms with Gasteiger partial charge in [-0.1, -0.05) is 11.6 Å². The van der Waals surface area contributed by atoms with Crippen molar-refractivity contribution < 1.29 is 9.53 Å². The van der Waals surface area contributed by atoms with E-state index in [1.807, 2.05) is 13.8 Å². The van der Waals surface area contributed by atoms with Crippen molar-refractivity contribution in [3.63, 3.8) is 0 Å². The van der Waals surface area contributed by atoms with Gasteiger partial charge in [-0.15, -0.1) is 0 Å². The Balaban J connectivity index is 5.09. The molecule has 0 unspecified atom stereocenters. The number of rotatable bonds is 4. The van der Waals surface area contributed by atoms with Crippen molar-refractivity contribution in [1.29, 1.82) is 0 Å². The zero-order valence-electron chi connectivity index (χ0n) is 9.05. The second-order valence-corrected chi connectivity index (χ2v) is 2.84. The zero-order chi connectivity index (χ0) is 11.1. The van der Waals surface area contributed by atoms with E-state index >= 15 is 0 Å². The number of hydrogen-bond donors (Lipinski definition) is 1. The Bertz CT molecular complexity index is 286. The van der Waals surface area contributed by atoms with Crippen molar-refractivity contribution in [2.24, 2.45) is 5.10 Å². The van der Waals surface area contributed by atoms with Gasteiger partial charge in [0.2, 0.25) is 0 Å². The van der Waals surface area contributed by atoms with Gasteiger partial charge in [0, 0.05) is 6.72 Å². The Labute approximate surface area is 84.3 Å². The van der Waals surface area contributed by atoms with E-state index in [1.54, 1.807) is 13.0 Å². The van der Waals surface area contributed by atoms with Gasteiger partial charge in [-0.2, -0.15) is 5.10 Å². The molecule has 0 aromatic heterocycles. The van der Waals surface area contributed by atoms with E-state index in [4.69, 9.17) is 0 Å². The second-order valence-electron chi connectivity index (χ2n) is 2.84. The molecule has 0 rings (SSSR count). The van der Waals surface area contributed by atoms with Crippen LogP contribution in [-0.2, 0) is 9.53 Å². The lowest BCUT2D eigenvalue weighted by Crippen LogP contribution is -2.16. The van der Waals surface area contributed by atoms with E-state index in [-0.39, 0.29) is 5.97 Å². The van der Waals surface area contributed by atoms with Crippen molar-refractivity contribution in [2.45, 2.75) is 20.8 Å². The number of carbonyl (C=O) groups excluding carboxylic acids is 1. The number of ether oxygens (including phenoxy) is 1. The van der Waals surface area contributed by atoms with Crippen LogP contribution < -0.4 is 5.43 Å². The number of hydrogen-bond acceptors (Lipinski definition) is 4. The molecular weight excluding hydrogens is 180 g/mol. The van der Waals surface area contributed by atoms with E-state index in [0.717, 1.165) is 5.57 Å². The van der Waals surface area contributed by atoms with E-state index in [0.29, 0.717) is 11.3 Å². The molecular formula is C10H16N2O2. The number of methoxy groups -OCH3 is 1. The maximum Gasteiger partial charge on any atom is 0.339 e. The van der Waals surface area contributed by atoms with E-state index < -0.39 is 0 Å². The van der Waals surface area contributed by atoms with Crippen LogP contribution >= 0.6 is 0 Å². The van der Waals surface area contributed by atoms with Crippen molar-refractivity contribution in [3.05, 3.63) is 22.9 Å². The summed E-state index contributed by atoms with van der Waals surface area (Å²) in [5.41, 5.74) is 4.71. The van der Waals surface area contributed by atoms with Crippen molar-refractivity contribution in [2.75, 3.05) is 7.11 Å². The van der Waals surface area contributed by atoms with E-state index in [2.05, 4.69) is 22.0 Å². The lowest BCUT2D eigenvalue weighted by atomic mass is 10.1. The first kappa shape index (κ1) is 12.4. The molecule has 0 saturated heterocycles. The molecule has 0 spiro atoms. The van der Waals surface area contributed by atoms with Crippen LogP contribution in [0.25, 0.3) is 0 Å². The van der Waals surface area contributed by atoms with Crippen LogP contribution in [0.15, 0.2) is 28.0 Å². The van der Waals surface area contributed by atoms with Crippen molar-refractivity contribution >= 4 is 12.7 Å². The molecule has 0 radical (unpaired) electrons. The molecule has 78 valence electrons. The van der Waals surface area contributed by atoms with Gasteiger partial charge < -0.3 is 4.74 Å². The summed E-state index contributed by atoms with van der Waals surface area (Å²) in [5.74, 6) is -0.389. The molecule has 0 aliphatic heterocycles. The first-order chi connectivity index (χ1) is 6.58. The average molecular weight is 196 g/mol. The fourth-order valence-electron chi connectivity index (χ4n) is 0.995. The summed E-state index contributed by atoms with van der Waals surface area (Å²) in [6, 6.07) is 0. The van der Waals surface area contributed by atoms with Crippen LogP contribution in [0.4, 0.5) is 0 Å². The Kier molecular flexibility index (Phi) is 5.29. The Morgan fingerprint density at radius 1 is 1.50 bits per heavy atom. The first-order valence-electron chi connectivity index (χ1n) is 4.22. The van der Waals surface area contributed by atoms with Crippen LogP contribution in [-0.4, -0.2) is 19.8 Å². The lowest BCUT2D eigenvalue weighted by molar-refractivity contribution is -0.135. The number of allylic oxidation sites excluding steroid dienone is 2. The monoisotopic (exact) mass is 196 g/mol. The quantitative estimate of drug-likeness (QED) is 0.244. The summed E-state index contributed by atoms with van der Waals surface area (Å²) in [7, 11) is 1.34. The maximum absolute atomic E-state index is 11.3. The van der Waals surface area contributed by atoms with Crippen LogP contribution in [0, 0.1) is 0 Å². The third-order valence-electron chi connectivity index (χ3n) is 1.65. The van der Waals surface area contributed by atoms with Crippen LogP contribution in [0.1, 0.15) is 20.8 Å². The van der Waals surface area contributed by atoms with Crippen LogP contribution in [0.3, 0.4) is 0 Å². The molecule has 0 aromatic carbocycles. The normalized spacial score (nSPS) is 10.4. The van der Waals surface area contributed by atoms with Gasteiger partial charge in [-0.25, -0.2) is 4.79 Å². The second kappa shape index (κ2) is 5.96. The van der Waals surface area contributed by atoms with Gasteiger partial charge in [-0.05, 0) is 20.8 Å². The van der Waals surface area contributed by atoms with E-state index in [9.17, 15) is 4.79 Å². The predicted octanol–water partition coefficient (Wildman–Crippen LogP) is 1.60. The highest BCUT2D eigenvalue weighted by Crippen LogP contribution is 2.13. The standard InChI is InChI=1S/C10H16N2O2/c1-6-8(10(13)14-5)9(7(2)3)12-11-4/h6,12H,4H2,1-3,5H3/b8-6+. The number of nitrogens with zero attached hydrogens (tertiary/aromatic N) is 1. The van der Waals surface area contributed by atoms with Gasteiger partial charge in [0.05, 0.1) is 18.4 Å². The van der Waals surface area contributed by atoms with E-state index in [1.165, 1.54) is 7.11 Å². The van der Waals surface area contributed by atoms with Crippen molar-refractivity contribution in [3.8, 4) is 0 Å². The van der Waals surface area contributed by atoms with Crippen molar-refractivity contribution in [1.82, 2.24) is 5.43 Å². The third kappa shape index (κ3) is 3.05. The molecule has 4 nitrogen and oxygen atoms in total. The largest absolute Gasteiger partial charge is 0.465 e. The smallest absolute Gasteiger partial charge is 0.339 e. The minimum atomic E-state index is -0.389.